The highest BCUT2D eigenvalue weighted by atomic mass is 35.5. The summed E-state index contributed by atoms with van der Waals surface area (Å²) < 4.78 is 38.0. The Balaban J connectivity index is 1.41. The van der Waals surface area contributed by atoms with Crippen molar-refractivity contribution in [2.24, 2.45) is 0 Å². The van der Waals surface area contributed by atoms with Gasteiger partial charge in [0, 0.05) is 31.2 Å². The maximum absolute atomic E-state index is 13.3. The Bertz CT molecular complexity index is 1400. The quantitative estimate of drug-likeness (QED) is 0.369. The minimum atomic E-state index is -3.64. The fraction of sp³-hybridized carbons (Fsp3) is 0.310. The summed E-state index contributed by atoms with van der Waals surface area (Å²) in [7, 11) is -3.64. The first kappa shape index (κ1) is 29.5. The number of carbonyl (C=O) groups is 2. The standard InChI is InChI=1S/C29H32ClN3O6S/c1-22(29(35)31-19-24-9-5-6-10-27(24)30)33(20-23-7-3-2-4-8-23)28(34)21-39-25-11-13-26(14-12-25)40(36,37)32-15-17-38-18-16-32/h2-14,22H,15-21H2,1H3,(H,31,35). The van der Waals surface area contributed by atoms with Crippen LogP contribution in [0.1, 0.15) is 18.1 Å². The van der Waals surface area contributed by atoms with Crippen LogP contribution in [0.5, 0.6) is 5.75 Å². The molecule has 0 spiro atoms. The molecule has 40 heavy (non-hydrogen) atoms. The van der Waals surface area contributed by atoms with Crippen LogP contribution in [0.3, 0.4) is 0 Å². The first-order valence-electron chi connectivity index (χ1n) is 12.9. The molecule has 0 aliphatic carbocycles. The van der Waals surface area contributed by atoms with Gasteiger partial charge in [-0.05, 0) is 48.4 Å². The van der Waals surface area contributed by atoms with E-state index in [1.54, 1.807) is 13.0 Å². The summed E-state index contributed by atoms with van der Waals surface area (Å²) in [5, 5.41) is 3.40. The average molecular weight is 586 g/mol. The minimum absolute atomic E-state index is 0.141. The summed E-state index contributed by atoms with van der Waals surface area (Å²) in [6.45, 7) is 3.09. The van der Waals surface area contributed by atoms with E-state index >= 15 is 0 Å². The van der Waals surface area contributed by atoms with Crippen molar-refractivity contribution in [2.75, 3.05) is 32.9 Å². The summed E-state index contributed by atoms with van der Waals surface area (Å²) in [6, 6.07) is 21.7. The number of nitrogens with zero attached hydrogens (tertiary/aromatic N) is 2. The van der Waals surface area contributed by atoms with Crippen LogP contribution in [-0.4, -0.2) is 68.4 Å². The summed E-state index contributed by atoms with van der Waals surface area (Å²) in [4.78, 5) is 27.9. The molecule has 3 aromatic carbocycles. The SMILES string of the molecule is CC(C(=O)NCc1ccccc1Cl)N(Cc1ccccc1)C(=O)COc1ccc(S(=O)(=O)N2CCOCC2)cc1. The number of rotatable bonds is 11. The first-order valence-corrected chi connectivity index (χ1v) is 14.7. The molecule has 1 saturated heterocycles. The Morgan fingerprint density at radius 3 is 2.33 bits per heavy atom. The summed E-state index contributed by atoms with van der Waals surface area (Å²) in [5.41, 5.74) is 1.63. The molecular formula is C29H32ClN3O6S. The predicted octanol–water partition coefficient (Wildman–Crippen LogP) is 3.47. The highest BCUT2D eigenvalue weighted by molar-refractivity contribution is 7.89. The fourth-order valence-electron chi connectivity index (χ4n) is 4.21. The molecule has 1 N–H and O–H groups in total. The van der Waals surface area contributed by atoms with Crippen molar-refractivity contribution in [3.8, 4) is 5.75 Å². The van der Waals surface area contributed by atoms with Gasteiger partial charge in [-0.2, -0.15) is 4.31 Å². The second-order valence-corrected chi connectivity index (χ2v) is 11.6. The van der Waals surface area contributed by atoms with Gasteiger partial charge >= 0.3 is 0 Å². The Kier molecular flexibility index (Phi) is 10.2. The second kappa shape index (κ2) is 13.8. The average Bonchev–Trinajstić information content (AvgIpc) is 2.99. The van der Waals surface area contributed by atoms with E-state index in [9.17, 15) is 18.0 Å². The van der Waals surface area contributed by atoms with Gasteiger partial charge < -0.3 is 19.7 Å². The van der Waals surface area contributed by atoms with Crippen molar-refractivity contribution in [1.29, 1.82) is 0 Å². The monoisotopic (exact) mass is 585 g/mol. The number of sulfonamides is 1. The predicted molar refractivity (Wildman–Crippen MR) is 151 cm³/mol. The van der Waals surface area contributed by atoms with E-state index in [4.69, 9.17) is 21.1 Å². The lowest BCUT2D eigenvalue weighted by Gasteiger charge is -2.29. The van der Waals surface area contributed by atoms with Crippen LogP contribution in [0, 0.1) is 0 Å². The smallest absolute Gasteiger partial charge is 0.261 e. The van der Waals surface area contributed by atoms with Crippen LogP contribution < -0.4 is 10.1 Å². The maximum Gasteiger partial charge on any atom is 0.261 e. The Morgan fingerprint density at radius 1 is 1.00 bits per heavy atom. The Labute approximate surface area is 239 Å². The van der Waals surface area contributed by atoms with Gasteiger partial charge in [0.1, 0.15) is 11.8 Å². The minimum Gasteiger partial charge on any atom is -0.484 e. The third-order valence-electron chi connectivity index (χ3n) is 6.57. The molecule has 0 bridgehead atoms. The van der Waals surface area contributed by atoms with Gasteiger partial charge in [-0.3, -0.25) is 9.59 Å². The second-order valence-electron chi connectivity index (χ2n) is 9.27. The van der Waals surface area contributed by atoms with Crippen LogP contribution >= 0.6 is 11.6 Å². The van der Waals surface area contributed by atoms with Gasteiger partial charge in [0.05, 0.1) is 18.1 Å². The zero-order valence-electron chi connectivity index (χ0n) is 22.2. The normalized spacial score (nSPS) is 14.8. The van der Waals surface area contributed by atoms with Crippen LogP contribution in [0.25, 0.3) is 0 Å². The number of morpholine rings is 1. The van der Waals surface area contributed by atoms with E-state index in [1.807, 2.05) is 48.5 Å². The van der Waals surface area contributed by atoms with Gasteiger partial charge in [0.2, 0.25) is 15.9 Å². The van der Waals surface area contributed by atoms with Gasteiger partial charge in [0.15, 0.2) is 6.61 Å². The number of halogens is 1. The summed E-state index contributed by atoms with van der Waals surface area (Å²) >= 11 is 6.21. The van der Waals surface area contributed by atoms with Gasteiger partial charge in [-0.25, -0.2) is 8.42 Å². The molecule has 1 heterocycles. The van der Waals surface area contributed by atoms with Crippen molar-refractivity contribution in [1.82, 2.24) is 14.5 Å². The number of benzene rings is 3. The van der Waals surface area contributed by atoms with Crippen LogP contribution in [0.2, 0.25) is 5.02 Å². The molecule has 9 nitrogen and oxygen atoms in total. The summed E-state index contributed by atoms with van der Waals surface area (Å²) in [6.07, 6.45) is 0. The number of amides is 2. The summed E-state index contributed by atoms with van der Waals surface area (Å²) in [5.74, 6) is -0.388. The number of hydrogen-bond acceptors (Lipinski definition) is 6. The molecule has 1 fully saturated rings. The number of nitrogens with one attached hydrogen (secondary N) is 1. The third-order valence-corrected chi connectivity index (χ3v) is 8.85. The van der Waals surface area contributed by atoms with E-state index in [1.165, 1.54) is 33.5 Å². The van der Waals surface area contributed by atoms with E-state index in [0.717, 1.165) is 11.1 Å². The lowest BCUT2D eigenvalue weighted by Crippen LogP contribution is -2.48. The van der Waals surface area contributed by atoms with E-state index in [0.29, 0.717) is 37.1 Å². The molecule has 1 atom stereocenters. The molecule has 1 aliphatic rings. The Hall–Kier alpha value is -3.44. The van der Waals surface area contributed by atoms with Gasteiger partial charge in [-0.1, -0.05) is 60.1 Å². The molecule has 1 aliphatic heterocycles. The van der Waals surface area contributed by atoms with E-state index in [-0.39, 0.29) is 30.5 Å². The number of carbonyl (C=O) groups excluding carboxylic acids is 2. The molecule has 11 heteroatoms. The van der Waals surface area contributed by atoms with Crippen molar-refractivity contribution in [2.45, 2.75) is 31.0 Å². The molecule has 0 saturated carbocycles. The lowest BCUT2D eigenvalue weighted by atomic mass is 10.1. The highest BCUT2D eigenvalue weighted by Gasteiger charge is 2.28. The fourth-order valence-corrected chi connectivity index (χ4v) is 5.82. The van der Waals surface area contributed by atoms with Crippen molar-refractivity contribution in [3.05, 3.63) is 95.0 Å². The zero-order valence-corrected chi connectivity index (χ0v) is 23.7. The maximum atomic E-state index is 13.3. The van der Waals surface area contributed by atoms with Crippen LogP contribution in [-0.2, 0) is 37.4 Å². The Morgan fingerprint density at radius 2 is 1.65 bits per heavy atom. The zero-order chi connectivity index (χ0) is 28.5. The number of ether oxygens (including phenoxy) is 2. The van der Waals surface area contributed by atoms with E-state index < -0.39 is 22.0 Å². The van der Waals surface area contributed by atoms with Crippen LogP contribution in [0.15, 0.2) is 83.8 Å². The van der Waals surface area contributed by atoms with Gasteiger partial charge in [-0.15, -0.1) is 0 Å². The van der Waals surface area contributed by atoms with Gasteiger partial charge in [0.25, 0.3) is 5.91 Å². The number of hydrogen-bond donors (Lipinski definition) is 1. The highest BCUT2D eigenvalue weighted by Crippen LogP contribution is 2.21. The van der Waals surface area contributed by atoms with Crippen LogP contribution in [0.4, 0.5) is 0 Å². The molecule has 2 amide bonds. The molecule has 4 rings (SSSR count). The molecule has 0 aromatic heterocycles. The molecule has 212 valence electrons. The molecule has 1 unspecified atom stereocenters. The lowest BCUT2D eigenvalue weighted by molar-refractivity contribution is -0.142. The third kappa shape index (κ3) is 7.60. The van der Waals surface area contributed by atoms with Crippen molar-refractivity contribution in [3.63, 3.8) is 0 Å². The molecule has 3 aromatic rings. The van der Waals surface area contributed by atoms with E-state index in [2.05, 4.69) is 5.32 Å². The van der Waals surface area contributed by atoms with Crippen molar-refractivity contribution < 1.29 is 27.5 Å². The molecular weight excluding hydrogens is 554 g/mol. The largest absolute Gasteiger partial charge is 0.484 e. The topological polar surface area (TPSA) is 105 Å². The molecule has 0 radical (unpaired) electrons. The van der Waals surface area contributed by atoms with Crippen molar-refractivity contribution >= 4 is 33.4 Å². The first-order chi connectivity index (χ1) is 19.3.